The highest BCUT2D eigenvalue weighted by atomic mass is 32.1. The van der Waals surface area contributed by atoms with Crippen LogP contribution < -0.4 is 0 Å². The second kappa shape index (κ2) is 7.22. The predicted octanol–water partition coefficient (Wildman–Crippen LogP) is 4.36. The third-order valence-corrected chi connectivity index (χ3v) is 4.46. The molecule has 1 heterocycles. The number of carbonyl (C=O) groups is 1. The van der Waals surface area contributed by atoms with Crippen LogP contribution in [0.1, 0.15) is 37.1 Å². The van der Waals surface area contributed by atoms with Gasteiger partial charge >= 0.3 is 5.97 Å². The molecule has 2 rings (SSSR count). The Kier molecular flexibility index (Phi) is 5.33. The quantitative estimate of drug-likeness (QED) is 0.636. The van der Waals surface area contributed by atoms with E-state index in [0.29, 0.717) is 11.6 Å². The fourth-order valence-corrected chi connectivity index (χ4v) is 2.90. The first kappa shape index (κ1) is 16.2. The van der Waals surface area contributed by atoms with E-state index in [1.54, 1.807) is 18.3 Å². The lowest BCUT2D eigenvalue weighted by Crippen LogP contribution is -2.04. The number of rotatable bonds is 6. The number of hydrogen-bond acceptors (Lipinski definition) is 4. The summed E-state index contributed by atoms with van der Waals surface area (Å²) in [5.41, 5.74) is 3.16. The minimum Gasteiger partial charge on any atom is -0.479 e. The summed E-state index contributed by atoms with van der Waals surface area (Å²) in [7, 11) is 0. The Morgan fingerprint density at radius 2 is 1.91 bits per heavy atom. The minimum absolute atomic E-state index is 0.424. The van der Waals surface area contributed by atoms with Crippen molar-refractivity contribution in [1.82, 2.24) is 0 Å². The zero-order valence-electron chi connectivity index (χ0n) is 12.9. The van der Waals surface area contributed by atoms with Crippen LogP contribution >= 0.6 is 11.3 Å². The number of nitrogens with zero attached hydrogens (tertiary/aromatic N) is 1. The van der Waals surface area contributed by atoms with E-state index in [1.165, 1.54) is 11.1 Å². The molecular weight excluding hydrogens is 298 g/mol. The molecule has 0 saturated heterocycles. The molecule has 116 valence electrons. The zero-order chi connectivity index (χ0) is 16.1. The number of carboxylic acid groups (broad SMARTS) is 1. The lowest BCUT2D eigenvalue weighted by atomic mass is 10.0. The number of hydrogen-bond donors (Lipinski definition) is 1. The van der Waals surface area contributed by atoms with E-state index in [9.17, 15) is 4.79 Å². The van der Waals surface area contributed by atoms with Crippen molar-refractivity contribution in [2.24, 2.45) is 5.16 Å². The van der Waals surface area contributed by atoms with Gasteiger partial charge in [0.1, 0.15) is 0 Å². The van der Waals surface area contributed by atoms with Crippen molar-refractivity contribution in [3.63, 3.8) is 0 Å². The van der Waals surface area contributed by atoms with Gasteiger partial charge in [-0.2, -0.15) is 0 Å². The molecule has 0 aliphatic heterocycles. The molecule has 0 amide bonds. The first-order chi connectivity index (χ1) is 10.5. The van der Waals surface area contributed by atoms with Gasteiger partial charge in [0.25, 0.3) is 0 Å². The molecule has 1 aromatic carbocycles. The van der Waals surface area contributed by atoms with Gasteiger partial charge in [-0.3, -0.25) is 0 Å². The summed E-state index contributed by atoms with van der Waals surface area (Å²) in [6, 6.07) is 12.6. The lowest BCUT2D eigenvalue weighted by Gasteiger charge is -2.05. The van der Waals surface area contributed by atoms with Crippen molar-refractivity contribution in [1.29, 1.82) is 0 Å². The standard InChI is InChI=1S/C17H19NO3S/c1-11(2)13-4-6-14(7-5-13)16-9-8-15(22-16)12(3)18-21-10-17(19)20/h4-9,11H,10H2,1-3H3,(H,19,20)/b18-12-. The molecular formula is C17H19NO3S. The average Bonchev–Trinajstić information content (AvgIpc) is 2.96. The Morgan fingerprint density at radius 3 is 2.50 bits per heavy atom. The fraction of sp³-hybridized carbons (Fsp3) is 0.294. The van der Waals surface area contributed by atoms with E-state index in [-0.39, 0.29) is 0 Å². The highest BCUT2D eigenvalue weighted by Crippen LogP contribution is 2.29. The monoisotopic (exact) mass is 317 g/mol. The third-order valence-electron chi connectivity index (χ3n) is 3.21. The molecule has 0 radical (unpaired) electrons. The topological polar surface area (TPSA) is 58.9 Å². The van der Waals surface area contributed by atoms with Gasteiger partial charge in [0, 0.05) is 4.88 Å². The van der Waals surface area contributed by atoms with E-state index in [0.717, 1.165) is 9.75 Å². The minimum atomic E-state index is -1.03. The van der Waals surface area contributed by atoms with E-state index in [2.05, 4.69) is 43.3 Å². The summed E-state index contributed by atoms with van der Waals surface area (Å²) in [5.74, 6) is -0.512. The molecule has 1 N–H and O–H groups in total. The summed E-state index contributed by atoms with van der Waals surface area (Å²) in [6.45, 7) is 5.73. The molecule has 4 nitrogen and oxygen atoms in total. The second-order valence-electron chi connectivity index (χ2n) is 5.28. The van der Waals surface area contributed by atoms with Crippen molar-refractivity contribution < 1.29 is 14.7 Å². The van der Waals surface area contributed by atoms with Crippen LogP contribution in [0.15, 0.2) is 41.6 Å². The Hall–Kier alpha value is -2.14. The van der Waals surface area contributed by atoms with Crippen LogP contribution in [0.4, 0.5) is 0 Å². The highest BCUT2D eigenvalue weighted by Gasteiger charge is 2.07. The Morgan fingerprint density at radius 1 is 1.23 bits per heavy atom. The number of thiophene rings is 1. The molecule has 0 atom stereocenters. The molecule has 2 aromatic rings. The van der Waals surface area contributed by atoms with E-state index in [1.807, 2.05) is 12.1 Å². The normalized spacial score (nSPS) is 11.7. The second-order valence-corrected chi connectivity index (χ2v) is 6.37. The SMILES string of the molecule is C/C(=N/OCC(=O)O)c1ccc(-c2ccc(C(C)C)cc2)s1. The molecule has 0 saturated carbocycles. The van der Waals surface area contributed by atoms with Crippen molar-refractivity contribution in [3.8, 4) is 10.4 Å². The first-order valence-corrected chi connectivity index (χ1v) is 7.88. The van der Waals surface area contributed by atoms with Crippen LogP contribution in [0.5, 0.6) is 0 Å². The Labute approximate surface area is 134 Å². The maximum Gasteiger partial charge on any atom is 0.344 e. The molecule has 1 aromatic heterocycles. The van der Waals surface area contributed by atoms with Gasteiger partial charge in [-0.05, 0) is 36.1 Å². The van der Waals surface area contributed by atoms with Crippen molar-refractivity contribution in [3.05, 3.63) is 46.8 Å². The van der Waals surface area contributed by atoms with Gasteiger partial charge in [-0.1, -0.05) is 43.3 Å². The summed E-state index contributed by atoms with van der Waals surface area (Å²) in [6.07, 6.45) is 0. The summed E-state index contributed by atoms with van der Waals surface area (Å²) in [5, 5.41) is 12.3. The molecule has 0 aliphatic rings. The maximum atomic E-state index is 10.4. The van der Waals surface area contributed by atoms with Crippen LogP contribution in [0.25, 0.3) is 10.4 Å². The largest absolute Gasteiger partial charge is 0.479 e. The lowest BCUT2D eigenvalue weighted by molar-refractivity contribution is -0.142. The number of oxime groups is 1. The van der Waals surface area contributed by atoms with Crippen molar-refractivity contribution in [2.45, 2.75) is 26.7 Å². The molecule has 5 heteroatoms. The van der Waals surface area contributed by atoms with Gasteiger partial charge < -0.3 is 9.94 Å². The van der Waals surface area contributed by atoms with Crippen molar-refractivity contribution >= 4 is 23.0 Å². The van der Waals surface area contributed by atoms with Crippen LogP contribution in [-0.2, 0) is 9.63 Å². The van der Waals surface area contributed by atoms with Crippen LogP contribution in [0.3, 0.4) is 0 Å². The molecule has 0 fully saturated rings. The van der Waals surface area contributed by atoms with Gasteiger partial charge in [0.15, 0.2) is 0 Å². The van der Waals surface area contributed by atoms with E-state index < -0.39 is 12.6 Å². The maximum absolute atomic E-state index is 10.4. The van der Waals surface area contributed by atoms with Crippen LogP contribution in [0, 0.1) is 0 Å². The molecule has 22 heavy (non-hydrogen) atoms. The summed E-state index contributed by atoms with van der Waals surface area (Å²) >= 11 is 1.61. The Bertz CT molecular complexity index is 671. The average molecular weight is 317 g/mol. The van der Waals surface area contributed by atoms with E-state index in [4.69, 9.17) is 9.94 Å². The summed E-state index contributed by atoms with van der Waals surface area (Å²) in [4.78, 5) is 17.3. The number of carboxylic acids is 1. The first-order valence-electron chi connectivity index (χ1n) is 7.06. The van der Waals surface area contributed by atoms with E-state index >= 15 is 0 Å². The summed E-state index contributed by atoms with van der Waals surface area (Å²) < 4.78 is 0. The van der Waals surface area contributed by atoms with Crippen molar-refractivity contribution in [2.75, 3.05) is 6.61 Å². The van der Waals surface area contributed by atoms with Gasteiger partial charge in [0.05, 0.1) is 10.6 Å². The fourth-order valence-electron chi connectivity index (χ4n) is 1.95. The zero-order valence-corrected chi connectivity index (χ0v) is 13.7. The number of aliphatic carboxylic acids is 1. The molecule has 0 aliphatic carbocycles. The Balaban J connectivity index is 2.12. The molecule has 0 spiro atoms. The predicted molar refractivity (Wildman–Crippen MR) is 89.6 cm³/mol. The smallest absolute Gasteiger partial charge is 0.344 e. The number of benzene rings is 1. The van der Waals surface area contributed by atoms with Gasteiger partial charge in [0.2, 0.25) is 6.61 Å². The highest BCUT2D eigenvalue weighted by molar-refractivity contribution is 7.17. The van der Waals surface area contributed by atoms with Crippen LogP contribution in [0.2, 0.25) is 0 Å². The van der Waals surface area contributed by atoms with Gasteiger partial charge in [-0.25, -0.2) is 4.79 Å². The van der Waals surface area contributed by atoms with Crippen LogP contribution in [-0.4, -0.2) is 23.4 Å². The third kappa shape index (κ3) is 4.18. The molecule has 0 bridgehead atoms. The van der Waals surface area contributed by atoms with Gasteiger partial charge in [-0.15, -0.1) is 11.3 Å². The molecule has 0 unspecified atom stereocenters.